The monoisotopic (exact) mass is 241 g/mol. The van der Waals surface area contributed by atoms with Gasteiger partial charge in [0, 0.05) is 19.3 Å². The fourth-order valence-electron chi connectivity index (χ4n) is 1.98. The molecular weight excluding hydrogens is 222 g/mol. The summed E-state index contributed by atoms with van der Waals surface area (Å²) in [6.45, 7) is 3.96. The van der Waals surface area contributed by atoms with Gasteiger partial charge < -0.3 is 5.73 Å². The molecule has 2 rings (SSSR count). The Hall–Kier alpha value is -1.87. The minimum atomic E-state index is 0.570. The second-order valence-electron chi connectivity index (χ2n) is 4.69. The maximum atomic E-state index is 5.58. The molecule has 1 aromatic heterocycles. The van der Waals surface area contributed by atoms with Crippen molar-refractivity contribution in [3.05, 3.63) is 59.3 Å². The lowest BCUT2D eigenvalue weighted by Crippen LogP contribution is -2.18. The average Bonchev–Trinajstić information content (AvgIpc) is 2.35. The van der Waals surface area contributed by atoms with Crippen LogP contribution in [0.3, 0.4) is 0 Å². The Morgan fingerprint density at radius 1 is 1.11 bits per heavy atom. The first-order chi connectivity index (χ1) is 8.65. The number of aryl methyl sites for hydroxylation is 1. The highest BCUT2D eigenvalue weighted by Crippen LogP contribution is 2.11. The van der Waals surface area contributed by atoms with Gasteiger partial charge in [-0.15, -0.1) is 0 Å². The summed E-state index contributed by atoms with van der Waals surface area (Å²) in [7, 11) is 2.11. The number of aromatic nitrogens is 1. The van der Waals surface area contributed by atoms with Crippen LogP contribution in [0, 0.1) is 6.92 Å². The van der Waals surface area contributed by atoms with Crippen LogP contribution >= 0.6 is 0 Å². The van der Waals surface area contributed by atoms with E-state index in [2.05, 4.69) is 48.1 Å². The third-order valence-electron chi connectivity index (χ3n) is 3.00. The molecule has 3 heteroatoms. The van der Waals surface area contributed by atoms with Crippen LogP contribution < -0.4 is 5.73 Å². The molecule has 0 amide bonds. The highest BCUT2D eigenvalue weighted by molar-refractivity contribution is 5.29. The Bertz CT molecular complexity index is 505. The summed E-state index contributed by atoms with van der Waals surface area (Å²) < 4.78 is 0. The summed E-state index contributed by atoms with van der Waals surface area (Å²) in [6.07, 6.45) is 1.84. The summed E-state index contributed by atoms with van der Waals surface area (Å²) in [5.41, 5.74) is 9.45. The highest BCUT2D eigenvalue weighted by Gasteiger charge is 2.04. The smallest absolute Gasteiger partial charge is 0.123 e. The molecule has 2 aromatic rings. The lowest BCUT2D eigenvalue weighted by atomic mass is 10.1. The van der Waals surface area contributed by atoms with E-state index in [4.69, 9.17) is 5.73 Å². The van der Waals surface area contributed by atoms with Gasteiger partial charge in [-0.3, -0.25) is 4.90 Å². The first-order valence-electron chi connectivity index (χ1n) is 6.08. The van der Waals surface area contributed by atoms with Crippen molar-refractivity contribution < 1.29 is 0 Å². The third-order valence-corrected chi connectivity index (χ3v) is 3.00. The summed E-state index contributed by atoms with van der Waals surface area (Å²) in [4.78, 5) is 6.38. The first-order valence-corrected chi connectivity index (χ1v) is 6.08. The molecule has 1 heterocycles. The number of nitrogens with zero attached hydrogens (tertiary/aromatic N) is 2. The van der Waals surface area contributed by atoms with Crippen molar-refractivity contribution in [2.24, 2.45) is 0 Å². The zero-order valence-corrected chi connectivity index (χ0v) is 10.9. The molecule has 0 saturated heterocycles. The molecule has 0 fully saturated rings. The van der Waals surface area contributed by atoms with E-state index >= 15 is 0 Å². The summed E-state index contributed by atoms with van der Waals surface area (Å²) in [5.74, 6) is 0.570. The van der Waals surface area contributed by atoms with Gasteiger partial charge >= 0.3 is 0 Å². The molecule has 0 unspecified atom stereocenters. The molecule has 0 aliphatic rings. The van der Waals surface area contributed by atoms with Crippen molar-refractivity contribution in [3.8, 4) is 0 Å². The van der Waals surface area contributed by atoms with Crippen molar-refractivity contribution in [2.75, 3.05) is 12.8 Å². The molecule has 0 aliphatic heterocycles. The summed E-state index contributed by atoms with van der Waals surface area (Å²) in [6, 6.07) is 12.3. The summed E-state index contributed by atoms with van der Waals surface area (Å²) >= 11 is 0. The van der Waals surface area contributed by atoms with E-state index < -0.39 is 0 Å². The first kappa shape index (κ1) is 12.6. The molecular formula is C15H19N3. The maximum absolute atomic E-state index is 5.58. The van der Waals surface area contributed by atoms with E-state index in [1.54, 1.807) is 0 Å². The van der Waals surface area contributed by atoms with Crippen LogP contribution in [0.25, 0.3) is 0 Å². The van der Waals surface area contributed by atoms with Gasteiger partial charge in [-0.2, -0.15) is 0 Å². The fraction of sp³-hybridized carbons (Fsp3) is 0.267. The summed E-state index contributed by atoms with van der Waals surface area (Å²) in [5, 5.41) is 0. The number of nitrogens with two attached hydrogens (primary N) is 1. The van der Waals surface area contributed by atoms with E-state index in [0.717, 1.165) is 13.1 Å². The number of hydrogen-bond donors (Lipinski definition) is 1. The van der Waals surface area contributed by atoms with Crippen molar-refractivity contribution in [3.63, 3.8) is 0 Å². The zero-order chi connectivity index (χ0) is 13.0. The Balaban J connectivity index is 1.99. The van der Waals surface area contributed by atoms with Crippen LogP contribution in [0.5, 0.6) is 0 Å². The van der Waals surface area contributed by atoms with Gasteiger partial charge in [-0.25, -0.2) is 4.98 Å². The zero-order valence-electron chi connectivity index (χ0n) is 10.9. The van der Waals surface area contributed by atoms with E-state index in [0.29, 0.717) is 5.82 Å². The van der Waals surface area contributed by atoms with Crippen molar-refractivity contribution in [1.29, 1.82) is 0 Å². The Labute approximate surface area is 108 Å². The second-order valence-corrected chi connectivity index (χ2v) is 4.69. The van der Waals surface area contributed by atoms with Crippen molar-refractivity contribution >= 4 is 5.82 Å². The number of nitrogen functional groups attached to an aromatic ring is 1. The molecule has 2 N–H and O–H groups in total. The average molecular weight is 241 g/mol. The normalized spacial score (nSPS) is 10.8. The highest BCUT2D eigenvalue weighted by atomic mass is 15.1. The van der Waals surface area contributed by atoms with Gasteiger partial charge in [0.1, 0.15) is 5.82 Å². The molecule has 0 bridgehead atoms. The molecule has 0 atom stereocenters. The second kappa shape index (κ2) is 5.65. The number of hydrogen-bond acceptors (Lipinski definition) is 3. The van der Waals surface area contributed by atoms with Crippen LogP contribution in [0.1, 0.15) is 16.7 Å². The minimum absolute atomic E-state index is 0.570. The fourth-order valence-corrected chi connectivity index (χ4v) is 1.98. The lowest BCUT2D eigenvalue weighted by Gasteiger charge is -2.18. The number of pyridine rings is 1. The maximum Gasteiger partial charge on any atom is 0.123 e. The Morgan fingerprint density at radius 2 is 1.89 bits per heavy atom. The van der Waals surface area contributed by atoms with Crippen LogP contribution in [0.4, 0.5) is 5.82 Å². The lowest BCUT2D eigenvalue weighted by molar-refractivity contribution is 0.318. The van der Waals surface area contributed by atoms with E-state index in [1.807, 2.05) is 18.3 Å². The predicted molar refractivity (Wildman–Crippen MR) is 75.0 cm³/mol. The minimum Gasteiger partial charge on any atom is -0.384 e. The SMILES string of the molecule is Cc1ccccc1CN(C)Cc1ccc(N)nc1. The van der Waals surface area contributed by atoms with Crippen molar-refractivity contribution in [2.45, 2.75) is 20.0 Å². The third kappa shape index (κ3) is 3.31. The van der Waals surface area contributed by atoms with E-state index in [-0.39, 0.29) is 0 Å². The van der Waals surface area contributed by atoms with E-state index in [1.165, 1.54) is 16.7 Å². The molecule has 0 spiro atoms. The van der Waals surface area contributed by atoms with Gasteiger partial charge in [0.2, 0.25) is 0 Å². The van der Waals surface area contributed by atoms with Crippen LogP contribution in [0.15, 0.2) is 42.6 Å². The van der Waals surface area contributed by atoms with Gasteiger partial charge in [0.05, 0.1) is 0 Å². The molecule has 18 heavy (non-hydrogen) atoms. The largest absolute Gasteiger partial charge is 0.384 e. The van der Waals surface area contributed by atoms with Gasteiger partial charge in [0.25, 0.3) is 0 Å². The number of anilines is 1. The van der Waals surface area contributed by atoms with E-state index in [9.17, 15) is 0 Å². The molecule has 3 nitrogen and oxygen atoms in total. The van der Waals surface area contributed by atoms with Crippen LogP contribution in [-0.4, -0.2) is 16.9 Å². The van der Waals surface area contributed by atoms with Gasteiger partial charge in [0.15, 0.2) is 0 Å². The molecule has 0 aliphatic carbocycles. The molecule has 0 radical (unpaired) electrons. The Morgan fingerprint density at radius 3 is 2.56 bits per heavy atom. The standard InChI is InChI=1S/C15H19N3/c1-12-5-3-4-6-14(12)11-18(2)10-13-7-8-15(16)17-9-13/h3-9H,10-11H2,1-2H3,(H2,16,17). The molecule has 94 valence electrons. The van der Waals surface area contributed by atoms with Crippen LogP contribution in [-0.2, 0) is 13.1 Å². The van der Waals surface area contributed by atoms with Crippen LogP contribution in [0.2, 0.25) is 0 Å². The quantitative estimate of drug-likeness (QED) is 0.894. The van der Waals surface area contributed by atoms with Crippen molar-refractivity contribution in [1.82, 2.24) is 9.88 Å². The van der Waals surface area contributed by atoms with Gasteiger partial charge in [-0.1, -0.05) is 30.3 Å². The number of benzene rings is 1. The molecule has 0 saturated carbocycles. The molecule has 1 aromatic carbocycles. The Kier molecular flexibility index (Phi) is 3.95. The predicted octanol–water partition coefficient (Wildman–Crippen LogP) is 2.60. The van der Waals surface area contributed by atoms with Gasteiger partial charge in [-0.05, 0) is 36.7 Å². The number of rotatable bonds is 4. The topological polar surface area (TPSA) is 42.1 Å².